The predicted octanol–water partition coefficient (Wildman–Crippen LogP) is 2.84. The molecule has 0 aromatic heterocycles. The van der Waals surface area contributed by atoms with E-state index in [9.17, 15) is 0 Å². The number of rotatable bonds is 2. The fraction of sp³-hybridized carbons (Fsp3) is 0.500. The summed E-state index contributed by atoms with van der Waals surface area (Å²) in [6.07, 6.45) is 1.29. The third-order valence-corrected chi connectivity index (χ3v) is 2.80. The molecule has 13 heavy (non-hydrogen) atoms. The van der Waals surface area contributed by atoms with Gasteiger partial charge in [-0.1, -0.05) is 38.1 Å². The van der Waals surface area contributed by atoms with Crippen molar-refractivity contribution in [3.63, 3.8) is 0 Å². The first-order valence-corrected chi connectivity index (χ1v) is 5.10. The monoisotopic (exact) mass is 175 g/mol. The molecule has 0 radical (unpaired) electrons. The van der Waals surface area contributed by atoms with Gasteiger partial charge < -0.3 is 5.32 Å². The minimum absolute atomic E-state index is 0.624. The van der Waals surface area contributed by atoms with Gasteiger partial charge in [0, 0.05) is 6.04 Å². The second-order valence-electron chi connectivity index (χ2n) is 4.12. The van der Waals surface area contributed by atoms with E-state index in [1.807, 2.05) is 0 Å². The van der Waals surface area contributed by atoms with E-state index in [0.29, 0.717) is 12.0 Å². The van der Waals surface area contributed by atoms with Crippen molar-refractivity contribution in [2.24, 2.45) is 0 Å². The van der Waals surface area contributed by atoms with Gasteiger partial charge in [0.2, 0.25) is 0 Å². The Labute approximate surface area is 80.2 Å². The molecule has 1 heteroatoms. The van der Waals surface area contributed by atoms with Gasteiger partial charge in [-0.25, -0.2) is 0 Å². The van der Waals surface area contributed by atoms with Gasteiger partial charge in [-0.3, -0.25) is 0 Å². The molecular formula is C12H17N. The van der Waals surface area contributed by atoms with E-state index < -0.39 is 0 Å². The third-order valence-electron chi connectivity index (χ3n) is 2.80. The van der Waals surface area contributed by atoms with Gasteiger partial charge in [-0.2, -0.15) is 0 Å². The van der Waals surface area contributed by atoms with Crippen molar-refractivity contribution in [1.82, 2.24) is 5.32 Å². The van der Waals surface area contributed by atoms with Crippen LogP contribution in [0.2, 0.25) is 0 Å². The number of hydrogen-bond acceptors (Lipinski definition) is 1. The van der Waals surface area contributed by atoms with Crippen LogP contribution in [-0.2, 0) is 0 Å². The second kappa shape index (κ2) is 3.51. The lowest BCUT2D eigenvalue weighted by Gasteiger charge is -2.28. The zero-order chi connectivity index (χ0) is 9.26. The highest BCUT2D eigenvalue weighted by Gasteiger charge is 2.18. The molecule has 0 saturated carbocycles. The molecule has 1 aliphatic rings. The normalized spacial score (nSPS) is 21.6. The SMILES string of the molecule is CC(C)c1cccc([C@@H]2CCN2)c1. The molecular weight excluding hydrogens is 158 g/mol. The Bertz CT molecular complexity index is 287. The van der Waals surface area contributed by atoms with Crippen LogP contribution in [0.15, 0.2) is 24.3 Å². The number of benzene rings is 1. The lowest BCUT2D eigenvalue weighted by Crippen LogP contribution is -2.34. The van der Waals surface area contributed by atoms with Gasteiger partial charge >= 0.3 is 0 Å². The molecule has 2 rings (SSSR count). The van der Waals surface area contributed by atoms with Crippen molar-refractivity contribution in [3.05, 3.63) is 35.4 Å². The fourth-order valence-electron chi connectivity index (χ4n) is 1.71. The lowest BCUT2D eigenvalue weighted by atomic mass is 9.93. The Balaban J connectivity index is 2.21. The molecule has 0 aliphatic carbocycles. The quantitative estimate of drug-likeness (QED) is 0.728. The Morgan fingerprint density at radius 2 is 2.15 bits per heavy atom. The van der Waals surface area contributed by atoms with Crippen LogP contribution >= 0.6 is 0 Å². The zero-order valence-electron chi connectivity index (χ0n) is 8.38. The van der Waals surface area contributed by atoms with Crippen molar-refractivity contribution in [1.29, 1.82) is 0 Å². The van der Waals surface area contributed by atoms with E-state index >= 15 is 0 Å². The third kappa shape index (κ3) is 1.75. The lowest BCUT2D eigenvalue weighted by molar-refractivity contribution is 0.383. The maximum atomic E-state index is 3.43. The summed E-state index contributed by atoms with van der Waals surface area (Å²) in [5, 5.41) is 3.43. The summed E-state index contributed by atoms with van der Waals surface area (Å²) in [6.45, 7) is 5.66. The molecule has 1 atom stereocenters. The standard InChI is InChI=1S/C12H17N/c1-9(2)10-4-3-5-11(8-10)12-6-7-13-12/h3-5,8-9,12-13H,6-7H2,1-2H3/t12-/m0/s1. The highest BCUT2D eigenvalue weighted by Crippen LogP contribution is 2.25. The Hall–Kier alpha value is -0.820. The first-order chi connectivity index (χ1) is 6.27. The van der Waals surface area contributed by atoms with E-state index in [4.69, 9.17) is 0 Å². The van der Waals surface area contributed by atoms with Crippen LogP contribution in [0.1, 0.15) is 43.4 Å². The largest absolute Gasteiger partial charge is 0.310 e. The van der Waals surface area contributed by atoms with Gasteiger partial charge in [0.15, 0.2) is 0 Å². The molecule has 1 aromatic carbocycles. The van der Waals surface area contributed by atoms with Crippen molar-refractivity contribution >= 4 is 0 Å². The van der Waals surface area contributed by atoms with Gasteiger partial charge in [0.1, 0.15) is 0 Å². The van der Waals surface area contributed by atoms with Gasteiger partial charge in [0.25, 0.3) is 0 Å². The molecule has 0 spiro atoms. The van der Waals surface area contributed by atoms with E-state index in [2.05, 4.69) is 43.4 Å². The Morgan fingerprint density at radius 1 is 1.38 bits per heavy atom. The first kappa shape index (κ1) is 8.76. The molecule has 0 unspecified atom stereocenters. The molecule has 1 aliphatic heterocycles. The van der Waals surface area contributed by atoms with Crippen LogP contribution in [-0.4, -0.2) is 6.54 Å². The van der Waals surface area contributed by atoms with Gasteiger partial charge in [-0.15, -0.1) is 0 Å². The molecule has 0 bridgehead atoms. The van der Waals surface area contributed by atoms with E-state index in [1.165, 1.54) is 24.1 Å². The van der Waals surface area contributed by atoms with E-state index in [-0.39, 0.29) is 0 Å². The van der Waals surface area contributed by atoms with Crippen LogP contribution < -0.4 is 5.32 Å². The molecule has 1 aromatic rings. The summed E-state index contributed by atoms with van der Waals surface area (Å²) in [7, 11) is 0. The van der Waals surface area contributed by atoms with Crippen LogP contribution in [0.25, 0.3) is 0 Å². The van der Waals surface area contributed by atoms with Crippen molar-refractivity contribution in [2.45, 2.75) is 32.2 Å². The molecule has 70 valence electrons. The minimum Gasteiger partial charge on any atom is -0.310 e. The zero-order valence-corrected chi connectivity index (χ0v) is 8.38. The van der Waals surface area contributed by atoms with Crippen LogP contribution in [0.5, 0.6) is 0 Å². The van der Waals surface area contributed by atoms with Crippen LogP contribution in [0, 0.1) is 0 Å². The summed E-state index contributed by atoms with van der Waals surface area (Å²) in [5.41, 5.74) is 2.91. The van der Waals surface area contributed by atoms with Gasteiger partial charge in [-0.05, 0) is 30.0 Å². The van der Waals surface area contributed by atoms with Crippen LogP contribution in [0.3, 0.4) is 0 Å². The minimum atomic E-state index is 0.624. The summed E-state index contributed by atoms with van der Waals surface area (Å²) >= 11 is 0. The number of nitrogens with one attached hydrogen (secondary N) is 1. The maximum Gasteiger partial charge on any atom is 0.0332 e. The predicted molar refractivity (Wildman–Crippen MR) is 55.9 cm³/mol. The second-order valence-corrected chi connectivity index (χ2v) is 4.12. The van der Waals surface area contributed by atoms with E-state index in [0.717, 1.165) is 0 Å². The number of hydrogen-bond donors (Lipinski definition) is 1. The molecule has 0 amide bonds. The van der Waals surface area contributed by atoms with Crippen molar-refractivity contribution < 1.29 is 0 Å². The van der Waals surface area contributed by atoms with Crippen LogP contribution in [0.4, 0.5) is 0 Å². The highest BCUT2D eigenvalue weighted by atomic mass is 15.0. The molecule has 1 saturated heterocycles. The molecule has 1 nitrogen and oxygen atoms in total. The molecule has 1 heterocycles. The first-order valence-electron chi connectivity index (χ1n) is 5.10. The Kier molecular flexibility index (Phi) is 2.36. The summed E-state index contributed by atoms with van der Waals surface area (Å²) in [6, 6.07) is 9.57. The van der Waals surface area contributed by atoms with E-state index in [1.54, 1.807) is 0 Å². The van der Waals surface area contributed by atoms with Crippen molar-refractivity contribution in [2.75, 3.05) is 6.54 Å². The fourth-order valence-corrected chi connectivity index (χ4v) is 1.71. The maximum absolute atomic E-state index is 3.43. The molecule has 1 fully saturated rings. The summed E-state index contributed by atoms with van der Waals surface area (Å²) in [5.74, 6) is 0.639. The Morgan fingerprint density at radius 3 is 2.69 bits per heavy atom. The summed E-state index contributed by atoms with van der Waals surface area (Å²) in [4.78, 5) is 0. The van der Waals surface area contributed by atoms with Crippen molar-refractivity contribution in [3.8, 4) is 0 Å². The molecule has 1 N–H and O–H groups in total. The summed E-state index contributed by atoms with van der Waals surface area (Å²) < 4.78 is 0. The highest BCUT2D eigenvalue weighted by molar-refractivity contribution is 5.28. The van der Waals surface area contributed by atoms with Gasteiger partial charge in [0.05, 0.1) is 0 Å². The average molecular weight is 175 g/mol. The smallest absolute Gasteiger partial charge is 0.0332 e. The topological polar surface area (TPSA) is 12.0 Å². The average Bonchev–Trinajstić information content (AvgIpc) is 2.01.